The zero-order valence-corrected chi connectivity index (χ0v) is 11.9. The molecule has 0 radical (unpaired) electrons. The predicted octanol–water partition coefficient (Wildman–Crippen LogP) is 2.55. The fourth-order valence-electron chi connectivity index (χ4n) is 2.82. The van der Waals surface area contributed by atoms with E-state index in [0.717, 1.165) is 25.6 Å². The zero-order valence-electron chi connectivity index (χ0n) is 11.9. The van der Waals surface area contributed by atoms with Gasteiger partial charge < -0.3 is 15.0 Å². The first-order valence-corrected chi connectivity index (χ1v) is 7.41. The van der Waals surface area contributed by atoms with Gasteiger partial charge in [0.15, 0.2) is 0 Å². The van der Waals surface area contributed by atoms with Gasteiger partial charge >= 0.3 is 0 Å². The van der Waals surface area contributed by atoms with Gasteiger partial charge in [0.05, 0.1) is 12.1 Å². The van der Waals surface area contributed by atoms with Gasteiger partial charge in [0, 0.05) is 31.9 Å². The molecule has 3 rings (SSSR count). The molecule has 0 aromatic heterocycles. The summed E-state index contributed by atoms with van der Waals surface area (Å²) in [6, 6.07) is 10.2. The van der Waals surface area contributed by atoms with Gasteiger partial charge in [-0.3, -0.25) is 0 Å². The highest BCUT2D eigenvalue weighted by atomic mass is 16.5. The molecular weight excluding hydrogens is 236 g/mol. The molecule has 2 fully saturated rings. The molecule has 2 unspecified atom stereocenters. The van der Waals surface area contributed by atoms with E-state index < -0.39 is 0 Å². The van der Waals surface area contributed by atoms with E-state index >= 15 is 0 Å². The minimum absolute atomic E-state index is 0.334. The van der Waals surface area contributed by atoms with Crippen LogP contribution in [0.25, 0.3) is 0 Å². The van der Waals surface area contributed by atoms with Crippen molar-refractivity contribution in [1.82, 2.24) is 5.32 Å². The summed E-state index contributed by atoms with van der Waals surface area (Å²) < 4.78 is 5.65. The van der Waals surface area contributed by atoms with Crippen molar-refractivity contribution in [1.29, 1.82) is 0 Å². The first-order valence-electron chi connectivity index (χ1n) is 7.41. The standard InChI is InChI=1S/C16H24N2O/c1-12-16(9-10-19-12)18(2)15-7-3-13(4-8-15)11-17-14-5-6-14/h3-4,7-8,12,14,16-17H,5-6,9-11H2,1-2H3. The molecule has 104 valence electrons. The number of hydrogen-bond acceptors (Lipinski definition) is 3. The van der Waals surface area contributed by atoms with Gasteiger partial charge in [-0.05, 0) is 43.9 Å². The summed E-state index contributed by atoms with van der Waals surface area (Å²) in [6.07, 6.45) is 4.16. The second-order valence-electron chi connectivity index (χ2n) is 5.86. The maximum Gasteiger partial charge on any atom is 0.0750 e. The van der Waals surface area contributed by atoms with Crippen LogP contribution in [0.15, 0.2) is 24.3 Å². The van der Waals surface area contributed by atoms with Crippen molar-refractivity contribution in [3.63, 3.8) is 0 Å². The molecule has 2 aliphatic rings. The molecule has 1 aliphatic carbocycles. The van der Waals surface area contributed by atoms with Crippen LogP contribution in [0.5, 0.6) is 0 Å². The van der Waals surface area contributed by atoms with Crippen LogP contribution >= 0.6 is 0 Å². The van der Waals surface area contributed by atoms with E-state index in [-0.39, 0.29) is 0 Å². The molecule has 1 saturated heterocycles. The summed E-state index contributed by atoms with van der Waals surface area (Å²) in [5.74, 6) is 0. The van der Waals surface area contributed by atoms with Gasteiger partial charge in [-0.2, -0.15) is 0 Å². The first-order chi connectivity index (χ1) is 9.24. The highest BCUT2D eigenvalue weighted by Gasteiger charge is 2.28. The van der Waals surface area contributed by atoms with E-state index in [2.05, 4.69) is 48.5 Å². The topological polar surface area (TPSA) is 24.5 Å². The molecule has 0 spiro atoms. The predicted molar refractivity (Wildman–Crippen MR) is 78.5 cm³/mol. The lowest BCUT2D eigenvalue weighted by molar-refractivity contribution is 0.118. The molecule has 19 heavy (non-hydrogen) atoms. The summed E-state index contributed by atoms with van der Waals surface area (Å²) in [4.78, 5) is 2.36. The number of anilines is 1. The minimum atomic E-state index is 0.334. The van der Waals surface area contributed by atoms with Crippen LogP contribution < -0.4 is 10.2 Å². The number of nitrogens with zero attached hydrogens (tertiary/aromatic N) is 1. The second kappa shape index (κ2) is 5.51. The molecule has 1 saturated carbocycles. The molecule has 1 N–H and O–H groups in total. The molecule has 3 nitrogen and oxygen atoms in total. The Morgan fingerprint density at radius 2 is 1.95 bits per heavy atom. The van der Waals surface area contributed by atoms with Gasteiger partial charge in [-0.15, -0.1) is 0 Å². The van der Waals surface area contributed by atoms with E-state index in [1.54, 1.807) is 0 Å². The summed E-state index contributed by atoms with van der Waals surface area (Å²) in [6.45, 7) is 4.05. The average Bonchev–Trinajstić information content (AvgIpc) is 3.17. The Bertz CT molecular complexity index is 413. The Kier molecular flexibility index (Phi) is 3.76. The van der Waals surface area contributed by atoms with Crippen LogP contribution in [0.2, 0.25) is 0 Å². The Balaban J connectivity index is 1.60. The van der Waals surface area contributed by atoms with Crippen LogP contribution in [0.3, 0.4) is 0 Å². The van der Waals surface area contributed by atoms with Gasteiger partial charge in [0.2, 0.25) is 0 Å². The first kappa shape index (κ1) is 12.9. The molecule has 2 atom stereocenters. The van der Waals surface area contributed by atoms with Gasteiger partial charge in [0.1, 0.15) is 0 Å². The Hall–Kier alpha value is -1.06. The second-order valence-corrected chi connectivity index (χ2v) is 5.86. The number of benzene rings is 1. The number of ether oxygens (including phenoxy) is 1. The van der Waals surface area contributed by atoms with E-state index in [1.807, 2.05) is 0 Å². The fourth-order valence-corrected chi connectivity index (χ4v) is 2.82. The number of likely N-dealkylation sites (N-methyl/N-ethyl adjacent to an activating group) is 1. The smallest absolute Gasteiger partial charge is 0.0750 e. The van der Waals surface area contributed by atoms with Crippen molar-refractivity contribution in [3.8, 4) is 0 Å². The van der Waals surface area contributed by atoms with Crippen molar-refractivity contribution >= 4 is 5.69 Å². The van der Waals surface area contributed by atoms with Gasteiger partial charge in [-0.25, -0.2) is 0 Å². The van der Waals surface area contributed by atoms with E-state index in [4.69, 9.17) is 4.74 Å². The van der Waals surface area contributed by atoms with Crippen molar-refractivity contribution in [2.24, 2.45) is 0 Å². The van der Waals surface area contributed by atoms with Crippen LogP contribution in [0, 0.1) is 0 Å². The number of hydrogen-bond donors (Lipinski definition) is 1. The van der Waals surface area contributed by atoms with Crippen LogP contribution in [-0.4, -0.2) is 31.8 Å². The number of rotatable bonds is 5. The molecule has 3 heteroatoms. The summed E-state index contributed by atoms with van der Waals surface area (Å²) in [7, 11) is 2.17. The highest BCUT2D eigenvalue weighted by molar-refractivity contribution is 5.48. The lowest BCUT2D eigenvalue weighted by Gasteiger charge is -2.29. The average molecular weight is 260 g/mol. The molecule has 1 aromatic carbocycles. The Labute approximate surface area is 115 Å². The lowest BCUT2D eigenvalue weighted by atomic mass is 10.1. The van der Waals surface area contributed by atoms with Crippen molar-refractivity contribution in [2.45, 2.75) is 50.9 Å². The normalized spacial score (nSPS) is 26.6. The zero-order chi connectivity index (χ0) is 13.2. The molecular formula is C16H24N2O. The summed E-state index contributed by atoms with van der Waals surface area (Å²) in [5.41, 5.74) is 2.66. The van der Waals surface area contributed by atoms with Crippen molar-refractivity contribution in [3.05, 3.63) is 29.8 Å². The molecule has 1 aromatic rings. The van der Waals surface area contributed by atoms with Crippen molar-refractivity contribution in [2.75, 3.05) is 18.6 Å². The molecule has 0 bridgehead atoms. The van der Waals surface area contributed by atoms with Gasteiger partial charge in [0.25, 0.3) is 0 Å². The third-order valence-electron chi connectivity index (χ3n) is 4.35. The van der Waals surface area contributed by atoms with Crippen molar-refractivity contribution < 1.29 is 4.74 Å². The molecule has 1 heterocycles. The van der Waals surface area contributed by atoms with E-state index in [9.17, 15) is 0 Å². The summed E-state index contributed by atoms with van der Waals surface area (Å²) in [5, 5.41) is 3.55. The third kappa shape index (κ3) is 3.10. The van der Waals surface area contributed by atoms with Crippen LogP contribution in [0.4, 0.5) is 5.69 Å². The third-order valence-corrected chi connectivity index (χ3v) is 4.35. The highest BCUT2D eigenvalue weighted by Crippen LogP contribution is 2.25. The lowest BCUT2D eigenvalue weighted by Crippen LogP contribution is -2.36. The monoisotopic (exact) mass is 260 g/mol. The molecule has 1 aliphatic heterocycles. The maximum atomic E-state index is 5.65. The van der Waals surface area contributed by atoms with E-state index in [1.165, 1.54) is 24.1 Å². The minimum Gasteiger partial charge on any atom is -0.376 e. The Morgan fingerprint density at radius 3 is 2.53 bits per heavy atom. The quantitative estimate of drug-likeness (QED) is 0.880. The number of nitrogens with one attached hydrogen (secondary N) is 1. The largest absolute Gasteiger partial charge is 0.376 e. The molecule has 0 amide bonds. The van der Waals surface area contributed by atoms with E-state index in [0.29, 0.717) is 12.1 Å². The van der Waals surface area contributed by atoms with Crippen LogP contribution in [-0.2, 0) is 11.3 Å². The fraction of sp³-hybridized carbons (Fsp3) is 0.625. The Morgan fingerprint density at radius 1 is 1.21 bits per heavy atom. The van der Waals surface area contributed by atoms with Crippen LogP contribution in [0.1, 0.15) is 31.7 Å². The van der Waals surface area contributed by atoms with Gasteiger partial charge in [-0.1, -0.05) is 12.1 Å². The maximum absolute atomic E-state index is 5.65. The summed E-state index contributed by atoms with van der Waals surface area (Å²) >= 11 is 0. The SMILES string of the molecule is CC1OCCC1N(C)c1ccc(CNC2CC2)cc1.